The molecule has 1 N–H and O–H groups in total. The van der Waals surface area contributed by atoms with Gasteiger partial charge in [0, 0.05) is 17.3 Å². The lowest BCUT2D eigenvalue weighted by molar-refractivity contribution is 0.186. The Morgan fingerprint density at radius 3 is 2.58 bits per heavy atom. The number of hydrogen-bond acceptors (Lipinski definition) is 2. The van der Waals surface area contributed by atoms with E-state index in [1.807, 2.05) is 30.3 Å². The van der Waals surface area contributed by atoms with Gasteiger partial charge in [-0.15, -0.1) is 0 Å². The van der Waals surface area contributed by atoms with Gasteiger partial charge in [0.1, 0.15) is 5.82 Å². The zero-order valence-corrected chi connectivity index (χ0v) is 12.2. The average Bonchev–Trinajstić information content (AvgIpc) is 2.42. The lowest BCUT2D eigenvalue weighted by atomic mass is 10.1. The van der Waals surface area contributed by atoms with Gasteiger partial charge in [-0.1, -0.05) is 30.3 Å². The molecule has 0 fully saturated rings. The van der Waals surface area contributed by atoms with Gasteiger partial charge in [0.15, 0.2) is 0 Å². The highest BCUT2D eigenvalue weighted by atomic mass is 79.9. The van der Waals surface area contributed by atoms with Crippen LogP contribution < -0.4 is 5.32 Å². The van der Waals surface area contributed by atoms with Crippen LogP contribution >= 0.6 is 15.9 Å². The standard InChI is InChI=1S/C15H15BrFNO/c1-19-10-15(11-5-3-2-4-6-11)18-14-8-7-12(17)9-13(14)16/h2-9,15,18H,10H2,1H3. The Hall–Kier alpha value is -1.39. The fourth-order valence-electron chi connectivity index (χ4n) is 1.87. The van der Waals surface area contributed by atoms with Crippen molar-refractivity contribution in [2.45, 2.75) is 6.04 Å². The van der Waals surface area contributed by atoms with Gasteiger partial charge in [0.2, 0.25) is 0 Å². The minimum absolute atomic E-state index is 0.0213. The third-order valence-electron chi connectivity index (χ3n) is 2.80. The molecule has 2 aromatic carbocycles. The summed E-state index contributed by atoms with van der Waals surface area (Å²) in [5.74, 6) is -0.263. The average molecular weight is 324 g/mol. The Labute approximate surface area is 120 Å². The first-order valence-corrected chi connectivity index (χ1v) is 6.75. The third kappa shape index (κ3) is 3.78. The van der Waals surface area contributed by atoms with Crippen LogP contribution in [0.15, 0.2) is 53.0 Å². The van der Waals surface area contributed by atoms with Crippen molar-refractivity contribution in [1.82, 2.24) is 0 Å². The number of methoxy groups -OCH3 is 1. The SMILES string of the molecule is COCC(Nc1ccc(F)cc1Br)c1ccccc1. The highest BCUT2D eigenvalue weighted by molar-refractivity contribution is 9.10. The van der Waals surface area contributed by atoms with Crippen LogP contribution in [0.3, 0.4) is 0 Å². The second-order valence-electron chi connectivity index (χ2n) is 4.19. The summed E-state index contributed by atoms with van der Waals surface area (Å²) in [6.07, 6.45) is 0. The number of hydrogen-bond donors (Lipinski definition) is 1. The Morgan fingerprint density at radius 2 is 1.95 bits per heavy atom. The van der Waals surface area contributed by atoms with Gasteiger partial charge in [-0.3, -0.25) is 0 Å². The second-order valence-corrected chi connectivity index (χ2v) is 5.04. The van der Waals surface area contributed by atoms with Crippen LogP contribution in [0.5, 0.6) is 0 Å². The van der Waals surface area contributed by atoms with E-state index in [0.29, 0.717) is 11.1 Å². The van der Waals surface area contributed by atoms with E-state index >= 15 is 0 Å². The highest BCUT2D eigenvalue weighted by Gasteiger charge is 2.12. The Bertz CT molecular complexity index is 533. The van der Waals surface area contributed by atoms with Gasteiger partial charge in [0.05, 0.1) is 12.6 Å². The normalized spacial score (nSPS) is 12.2. The van der Waals surface area contributed by atoms with Crippen molar-refractivity contribution >= 4 is 21.6 Å². The summed E-state index contributed by atoms with van der Waals surface area (Å²) >= 11 is 3.36. The molecule has 0 radical (unpaired) electrons. The first-order chi connectivity index (χ1) is 9.20. The number of benzene rings is 2. The summed E-state index contributed by atoms with van der Waals surface area (Å²) in [5, 5.41) is 3.35. The molecule has 1 atom stereocenters. The molecule has 0 aliphatic carbocycles. The fourth-order valence-corrected chi connectivity index (χ4v) is 2.33. The van der Waals surface area contributed by atoms with Crippen molar-refractivity contribution < 1.29 is 9.13 Å². The molecule has 100 valence electrons. The fraction of sp³-hybridized carbons (Fsp3) is 0.200. The van der Waals surface area contributed by atoms with E-state index in [1.54, 1.807) is 13.2 Å². The highest BCUT2D eigenvalue weighted by Crippen LogP contribution is 2.27. The third-order valence-corrected chi connectivity index (χ3v) is 3.45. The molecule has 0 saturated carbocycles. The summed E-state index contributed by atoms with van der Waals surface area (Å²) < 4.78 is 19.0. The van der Waals surface area contributed by atoms with Crippen molar-refractivity contribution in [1.29, 1.82) is 0 Å². The number of rotatable bonds is 5. The number of nitrogens with one attached hydrogen (secondary N) is 1. The maximum absolute atomic E-state index is 13.1. The number of ether oxygens (including phenoxy) is 1. The molecular formula is C15H15BrFNO. The minimum atomic E-state index is -0.263. The molecule has 0 amide bonds. The quantitative estimate of drug-likeness (QED) is 0.881. The van der Waals surface area contributed by atoms with E-state index in [9.17, 15) is 4.39 Å². The summed E-state index contributed by atoms with van der Waals surface area (Å²) in [6, 6.07) is 14.6. The Morgan fingerprint density at radius 1 is 1.21 bits per heavy atom. The van der Waals surface area contributed by atoms with Crippen LogP contribution in [0.4, 0.5) is 10.1 Å². The van der Waals surface area contributed by atoms with Crippen LogP contribution in [0.1, 0.15) is 11.6 Å². The Kier molecular flexibility index (Phi) is 4.93. The molecule has 0 aromatic heterocycles. The van der Waals surface area contributed by atoms with E-state index in [0.717, 1.165) is 11.3 Å². The molecule has 2 nitrogen and oxygen atoms in total. The monoisotopic (exact) mass is 323 g/mol. The Balaban J connectivity index is 2.21. The summed E-state index contributed by atoms with van der Waals surface area (Å²) in [6.45, 7) is 0.536. The maximum Gasteiger partial charge on any atom is 0.124 e. The van der Waals surface area contributed by atoms with E-state index < -0.39 is 0 Å². The van der Waals surface area contributed by atoms with E-state index in [-0.39, 0.29) is 11.9 Å². The van der Waals surface area contributed by atoms with E-state index in [2.05, 4.69) is 21.2 Å². The molecule has 0 heterocycles. The molecule has 2 aromatic rings. The van der Waals surface area contributed by atoms with Crippen molar-refractivity contribution in [3.63, 3.8) is 0 Å². The topological polar surface area (TPSA) is 21.3 Å². The maximum atomic E-state index is 13.1. The molecule has 4 heteroatoms. The molecule has 1 unspecified atom stereocenters. The second kappa shape index (κ2) is 6.68. The van der Waals surface area contributed by atoms with Gasteiger partial charge < -0.3 is 10.1 Å². The van der Waals surface area contributed by atoms with E-state index in [1.165, 1.54) is 12.1 Å². The summed E-state index contributed by atoms with van der Waals surface area (Å²) in [5.41, 5.74) is 1.97. The number of halogens is 2. The largest absolute Gasteiger partial charge is 0.382 e. The van der Waals surface area contributed by atoms with Crippen LogP contribution in [-0.4, -0.2) is 13.7 Å². The number of anilines is 1. The van der Waals surface area contributed by atoms with Gasteiger partial charge in [-0.2, -0.15) is 0 Å². The molecule has 0 bridgehead atoms. The molecule has 0 saturated heterocycles. The predicted octanol–water partition coefficient (Wildman–Crippen LogP) is 4.39. The zero-order valence-electron chi connectivity index (χ0n) is 10.6. The van der Waals surface area contributed by atoms with Gasteiger partial charge >= 0.3 is 0 Å². The van der Waals surface area contributed by atoms with Crippen LogP contribution in [-0.2, 0) is 4.74 Å². The molecule has 0 aliphatic rings. The first-order valence-electron chi connectivity index (χ1n) is 5.96. The first kappa shape index (κ1) is 14.0. The smallest absolute Gasteiger partial charge is 0.124 e. The van der Waals surface area contributed by atoms with Gasteiger partial charge in [0.25, 0.3) is 0 Å². The molecule has 0 spiro atoms. The van der Waals surface area contributed by atoms with Gasteiger partial charge in [-0.25, -0.2) is 4.39 Å². The van der Waals surface area contributed by atoms with Crippen molar-refractivity contribution in [3.05, 3.63) is 64.4 Å². The van der Waals surface area contributed by atoms with E-state index in [4.69, 9.17) is 4.74 Å². The van der Waals surface area contributed by atoms with Gasteiger partial charge in [-0.05, 0) is 39.7 Å². The van der Waals surface area contributed by atoms with Crippen molar-refractivity contribution in [2.75, 3.05) is 19.0 Å². The molecule has 19 heavy (non-hydrogen) atoms. The van der Waals surface area contributed by atoms with Crippen LogP contribution in [0, 0.1) is 5.82 Å². The summed E-state index contributed by atoms with van der Waals surface area (Å²) in [4.78, 5) is 0. The van der Waals surface area contributed by atoms with Crippen LogP contribution in [0.25, 0.3) is 0 Å². The zero-order chi connectivity index (χ0) is 13.7. The van der Waals surface area contributed by atoms with Crippen molar-refractivity contribution in [2.24, 2.45) is 0 Å². The minimum Gasteiger partial charge on any atom is -0.382 e. The molecule has 0 aliphatic heterocycles. The predicted molar refractivity (Wildman–Crippen MR) is 78.8 cm³/mol. The van der Waals surface area contributed by atoms with Crippen LogP contribution in [0.2, 0.25) is 0 Å². The summed E-state index contributed by atoms with van der Waals surface area (Å²) in [7, 11) is 1.66. The lowest BCUT2D eigenvalue weighted by Crippen LogP contribution is -2.16. The molecule has 2 rings (SSSR count). The molecular weight excluding hydrogens is 309 g/mol. The lowest BCUT2D eigenvalue weighted by Gasteiger charge is -2.20. The van der Waals surface area contributed by atoms with Crippen molar-refractivity contribution in [3.8, 4) is 0 Å².